The third-order valence-electron chi connectivity index (χ3n) is 2.77. The molecule has 1 heterocycles. The highest BCUT2D eigenvalue weighted by Gasteiger charge is 2.22. The van der Waals surface area contributed by atoms with Crippen LogP contribution in [-0.2, 0) is 5.60 Å². The van der Waals surface area contributed by atoms with Gasteiger partial charge in [0.1, 0.15) is 17.3 Å². The number of benzene rings is 1. The SMILES string of the molecule is CC(C)(O)c1cc(F)c(NC(=O)c2ccsc2)c(F)c1. The van der Waals surface area contributed by atoms with Gasteiger partial charge in [0.15, 0.2) is 0 Å². The molecular weight excluding hydrogens is 284 g/mol. The number of hydrogen-bond donors (Lipinski definition) is 2. The molecular formula is C14H13F2NO2S. The number of rotatable bonds is 3. The van der Waals surface area contributed by atoms with Crippen LogP contribution in [0.5, 0.6) is 0 Å². The summed E-state index contributed by atoms with van der Waals surface area (Å²) >= 11 is 1.31. The molecule has 1 aromatic heterocycles. The summed E-state index contributed by atoms with van der Waals surface area (Å²) < 4.78 is 27.8. The minimum absolute atomic E-state index is 0.0982. The monoisotopic (exact) mass is 297 g/mol. The summed E-state index contributed by atoms with van der Waals surface area (Å²) in [6.07, 6.45) is 0. The van der Waals surface area contributed by atoms with Crippen LogP contribution in [0.1, 0.15) is 29.8 Å². The maximum Gasteiger partial charge on any atom is 0.256 e. The predicted octanol–water partition coefficient (Wildman–Crippen LogP) is 3.51. The lowest BCUT2D eigenvalue weighted by Crippen LogP contribution is -2.18. The number of carbonyl (C=O) groups excluding carboxylic acids is 1. The van der Waals surface area contributed by atoms with Crippen molar-refractivity contribution < 1.29 is 18.7 Å². The van der Waals surface area contributed by atoms with Crippen molar-refractivity contribution in [3.8, 4) is 0 Å². The summed E-state index contributed by atoms with van der Waals surface area (Å²) in [6.45, 7) is 2.84. The van der Waals surface area contributed by atoms with Gasteiger partial charge in [0.05, 0.1) is 11.2 Å². The fourth-order valence-electron chi connectivity index (χ4n) is 1.63. The molecule has 0 aliphatic carbocycles. The fourth-order valence-corrected chi connectivity index (χ4v) is 2.26. The zero-order valence-corrected chi connectivity index (χ0v) is 11.7. The van der Waals surface area contributed by atoms with Crippen LogP contribution >= 0.6 is 11.3 Å². The molecule has 20 heavy (non-hydrogen) atoms. The Morgan fingerprint density at radius 3 is 2.35 bits per heavy atom. The lowest BCUT2D eigenvalue weighted by molar-refractivity contribution is 0.0779. The van der Waals surface area contributed by atoms with Crippen LogP contribution in [0.2, 0.25) is 0 Å². The van der Waals surface area contributed by atoms with E-state index in [2.05, 4.69) is 5.32 Å². The largest absolute Gasteiger partial charge is 0.386 e. The van der Waals surface area contributed by atoms with Crippen molar-refractivity contribution in [3.63, 3.8) is 0 Å². The smallest absolute Gasteiger partial charge is 0.256 e. The van der Waals surface area contributed by atoms with E-state index in [-0.39, 0.29) is 5.56 Å². The van der Waals surface area contributed by atoms with Gasteiger partial charge in [-0.3, -0.25) is 4.79 Å². The minimum Gasteiger partial charge on any atom is -0.386 e. The normalized spacial score (nSPS) is 11.4. The molecule has 0 saturated heterocycles. The number of carbonyl (C=O) groups is 1. The van der Waals surface area contributed by atoms with Crippen LogP contribution in [0.25, 0.3) is 0 Å². The van der Waals surface area contributed by atoms with Crippen molar-refractivity contribution in [3.05, 3.63) is 51.7 Å². The van der Waals surface area contributed by atoms with Gasteiger partial charge in [0.2, 0.25) is 0 Å². The Kier molecular flexibility index (Phi) is 3.87. The summed E-state index contributed by atoms with van der Waals surface area (Å²) in [5.41, 5.74) is -1.45. The molecule has 0 radical (unpaired) electrons. The Balaban J connectivity index is 2.32. The lowest BCUT2D eigenvalue weighted by atomic mass is 9.97. The van der Waals surface area contributed by atoms with Crippen LogP contribution in [-0.4, -0.2) is 11.0 Å². The van der Waals surface area contributed by atoms with Crippen molar-refractivity contribution in [2.75, 3.05) is 5.32 Å². The number of hydrogen-bond acceptors (Lipinski definition) is 3. The molecule has 2 aromatic rings. The number of nitrogens with one attached hydrogen (secondary N) is 1. The van der Waals surface area contributed by atoms with Crippen molar-refractivity contribution in [2.24, 2.45) is 0 Å². The topological polar surface area (TPSA) is 49.3 Å². The first-order valence-electron chi connectivity index (χ1n) is 5.84. The van der Waals surface area contributed by atoms with Crippen LogP contribution < -0.4 is 5.32 Å². The van der Waals surface area contributed by atoms with Gasteiger partial charge in [-0.1, -0.05) is 0 Å². The summed E-state index contributed by atoms with van der Waals surface area (Å²) in [5, 5.41) is 15.2. The van der Waals surface area contributed by atoms with Crippen LogP contribution in [0, 0.1) is 11.6 Å². The van der Waals surface area contributed by atoms with Crippen molar-refractivity contribution in [1.29, 1.82) is 0 Å². The second-order valence-corrected chi connectivity index (χ2v) is 5.62. The van der Waals surface area contributed by atoms with Crippen molar-refractivity contribution in [2.45, 2.75) is 19.4 Å². The maximum absolute atomic E-state index is 13.9. The molecule has 3 nitrogen and oxygen atoms in total. The highest BCUT2D eigenvalue weighted by Crippen LogP contribution is 2.27. The summed E-state index contributed by atoms with van der Waals surface area (Å²) in [7, 11) is 0. The standard InChI is InChI=1S/C14H13F2NO2S/c1-14(2,19)9-5-10(15)12(11(16)6-9)17-13(18)8-3-4-20-7-8/h3-7,19H,1-2H3,(H,17,18). The van der Waals surface area contributed by atoms with Gasteiger partial charge in [-0.05, 0) is 43.0 Å². The molecule has 0 aliphatic rings. The Labute approximate surface area is 118 Å². The summed E-state index contributed by atoms with van der Waals surface area (Å²) in [4.78, 5) is 11.8. The average molecular weight is 297 g/mol. The third-order valence-corrected chi connectivity index (χ3v) is 3.45. The minimum atomic E-state index is -1.36. The van der Waals surface area contributed by atoms with Gasteiger partial charge >= 0.3 is 0 Å². The molecule has 0 spiro atoms. The van der Waals surface area contributed by atoms with E-state index in [0.29, 0.717) is 5.56 Å². The van der Waals surface area contributed by atoms with E-state index in [9.17, 15) is 18.7 Å². The Morgan fingerprint density at radius 1 is 1.30 bits per heavy atom. The molecule has 1 amide bonds. The molecule has 0 bridgehead atoms. The van der Waals surface area contributed by atoms with E-state index in [1.165, 1.54) is 25.2 Å². The van der Waals surface area contributed by atoms with Gasteiger partial charge in [0, 0.05) is 5.38 Å². The first-order valence-corrected chi connectivity index (χ1v) is 6.79. The van der Waals surface area contributed by atoms with E-state index < -0.39 is 28.8 Å². The zero-order chi connectivity index (χ0) is 14.9. The first kappa shape index (κ1) is 14.6. The highest BCUT2D eigenvalue weighted by atomic mass is 32.1. The Morgan fingerprint density at radius 2 is 1.90 bits per heavy atom. The number of thiophene rings is 1. The van der Waals surface area contributed by atoms with E-state index >= 15 is 0 Å². The Bertz CT molecular complexity index is 610. The fraction of sp³-hybridized carbons (Fsp3) is 0.214. The molecule has 0 unspecified atom stereocenters. The van der Waals surface area contributed by atoms with E-state index in [1.54, 1.807) is 16.8 Å². The molecule has 0 fully saturated rings. The predicted molar refractivity (Wildman–Crippen MR) is 73.9 cm³/mol. The first-order chi connectivity index (χ1) is 9.29. The molecule has 2 rings (SSSR count). The van der Waals surface area contributed by atoms with Crippen LogP contribution in [0.15, 0.2) is 29.0 Å². The maximum atomic E-state index is 13.9. The average Bonchev–Trinajstić information content (AvgIpc) is 2.85. The molecule has 2 N–H and O–H groups in total. The second kappa shape index (κ2) is 5.30. The van der Waals surface area contributed by atoms with Crippen molar-refractivity contribution in [1.82, 2.24) is 0 Å². The molecule has 6 heteroatoms. The van der Waals surface area contributed by atoms with E-state index in [4.69, 9.17) is 0 Å². The van der Waals surface area contributed by atoms with Crippen LogP contribution in [0.3, 0.4) is 0 Å². The summed E-state index contributed by atoms with van der Waals surface area (Å²) in [6, 6.07) is 3.57. The zero-order valence-electron chi connectivity index (χ0n) is 10.9. The van der Waals surface area contributed by atoms with E-state index in [0.717, 1.165) is 12.1 Å². The number of halogens is 2. The van der Waals surface area contributed by atoms with Gasteiger partial charge in [-0.25, -0.2) is 8.78 Å². The molecule has 0 saturated carbocycles. The molecule has 0 atom stereocenters. The highest BCUT2D eigenvalue weighted by molar-refractivity contribution is 7.08. The van der Waals surface area contributed by atoms with E-state index in [1.807, 2.05) is 0 Å². The van der Waals surface area contributed by atoms with Gasteiger partial charge in [-0.2, -0.15) is 11.3 Å². The number of amides is 1. The van der Waals surface area contributed by atoms with Crippen LogP contribution in [0.4, 0.5) is 14.5 Å². The molecule has 0 aliphatic heterocycles. The quantitative estimate of drug-likeness (QED) is 0.911. The molecule has 1 aromatic carbocycles. The summed E-state index contributed by atoms with van der Waals surface area (Å²) in [5.74, 6) is -2.43. The number of aliphatic hydroxyl groups is 1. The second-order valence-electron chi connectivity index (χ2n) is 4.84. The van der Waals surface area contributed by atoms with Gasteiger partial charge in [-0.15, -0.1) is 0 Å². The van der Waals surface area contributed by atoms with Crippen molar-refractivity contribution >= 4 is 22.9 Å². The Hall–Kier alpha value is -1.79. The lowest BCUT2D eigenvalue weighted by Gasteiger charge is -2.19. The van der Waals surface area contributed by atoms with Gasteiger partial charge in [0.25, 0.3) is 5.91 Å². The third kappa shape index (κ3) is 3.02. The van der Waals surface area contributed by atoms with Gasteiger partial charge < -0.3 is 10.4 Å². The number of anilines is 1. The molecule has 106 valence electrons.